The van der Waals surface area contributed by atoms with Crippen LogP contribution in [0.15, 0.2) is 0 Å². The van der Waals surface area contributed by atoms with Crippen LogP contribution in [0.2, 0.25) is 0 Å². The minimum absolute atomic E-state index is 0.257. The van der Waals surface area contributed by atoms with Crippen LogP contribution in [0, 0.1) is 0 Å². The fraction of sp³-hybridized carbons (Fsp3) is 0.976. The van der Waals surface area contributed by atoms with E-state index in [1.54, 1.807) is 0 Å². The maximum atomic E-state index is 12.9. The second kappa shape index (κ2) is 32.6. The van der Waals surface area contributed by atoms with Crippen molar-refractivity contribution < 1.29 is 44.9 Å². The van der Waals surface area contributed by atoms with Gasteiger partial charge in [0, 0.05) is 6.42 Å². The van der Waals surface area contributed by atoms with Gasteiger partial charge in [-0.05, 0) is 12.8 Å². The highest BCUT2D eigenvalue weighted by atomic mass is 16.7. The van der Waals surface area contributed by atoms with Gasteiger partial charge in [-0.15, -0.1) is 0 Å². The number of carbonyl (C=O) groups is 1. The molecule has 8 atom stereocenters. The van der Waals surface area contributed by atoms with E-state index in [0.29, 0.717) is 6.42 Å². The lowest BCUT2D eigenvalue weighted by Crippen LogP contribution is -2.60. The van der Waals surface area contributed by atoms with Crippen molar-refractivity contribution in [2.24, 2.45) is 0 Å². The van der Waals surface area contributed by atoms with E-state index in [9.17, 15) is 35.4 Å². The van der Waals surface area contributed by atoms with Crippen molar-refractivity contribution in [3.63, 3.8) is 0 Å². The summed E-state index contributed by atoms with van der Waals surface area (Å²) in [5.74, 6) is -0.257. The second-order valence-electron chi connectivity index (χ2n) is 15.3. The van der Waals surface area contributed by atoms with Gasteiger partial charge in [0.05, 0.1) is 25.4 Å². The molecule has 1 saturated heterocycles. The van der Waals surface area contributed by atoms with Crippen molar-refractivity contribution in [3.8, 4) is 0 Å². The zero-order chi connectivity index (χ0) is 37.5. The monoisotopic (exact) mass is 732 g/mol. The topological polar surface area (TPSA) is 169 Å². The number of ether oxygens (including phenoxy) is 2. The molecular weight excluding hydrogens is 650 g/mol. The molecule has 0 aliphatic carbocycles. The fourth-order valence-corrected chi connectivity index (χ4v) is 7.02. The molecule has 10 heteroatoms. The Morgan fingerprint density at radius 2 is 1.02 bits per heavy atom. The molecule has 1 aliphatic heterocycles. The number of unbranched alkanes of at least 4 members (excludes halogenated alkanes) is 24. The van der Waals surface area contributed by atoms with Gasteiger partial charge in [0.25, 0.3) is 0 Å². The predicted molar refractivity (Wildman–Crippen MR) is 204 cm³/mol. The number of amides is 1. The Labute approximate surface area is 311 Å². The van der Waals surface area contributed by atoms with Gasteiger partial charge in [0.15, 0.2) is 6.29 Å². The standard InChI is InChI=1S/C41H81NO9/c1-3-5-7-9-11-13-15-17-18-20-22-24-26-28-30-36(45)42-33(32-50-41-40(49)39(48)38(47)35(31-43)51-41)37(46)34(44)29-27-25-23-21-19-16-14-12-10-8-6-4-2/h33-35,37-41,43-44,46-49H,3-32H2,1-2H3,(H,42,45)/t33-,34+,35+,37-,38-,39?,40?,41+/m0/s1. The zero-order valence-electron chi connectivity index (χ0n) is 32.7. The van der Waals surface area contributed by atoms with Crippen molar-refractivity contribution in [2.45, 2.75) is 243 Å². The van der Waals surface area contributed by atoms with Crippen LogP contribution < -0.4 is 5.32 Å². The molecule has 1 amide bonds. The highest BCUT2D eigenvalue weighted by molar-refractivity contribution is 5.76. The van der Waals surface area contributed by atoms with E-state index in [2.05, 4.69) is 19.2 Å². The molecule has 1 heterocycles. The Hall–Kier alpha value is -0.850. The number of nitrogens with one attached hydrogen (secondary N) is 1. The number of hydrogen-bond donors (Lipinski definition) is 7. The van der Waals surface area contributed by atoms with Crippen LogP contribution in [0.4, 0.5) is 0 Å². The predicted octanol–water partition coefficient (Wildman–Crippen LogP) is 6.97. The molecule has 0 aromatic carbocycles. The molecule has 0 saturated carbocycles. The van der Waals surface area contributed by atoms with E-state index in [-0.39, 0.29) is 18.9 Å². The zero-order valence-corrected chi connectivity index (χ0v) is 32.7. The van der Waals surface area contributed by atoms with Gasteiger partial charge >= 0.3 is 0 Å². The summed E-state index contributed by atoms with van der Waals surface area (Å²) in [4.78, 5) is 12.9. The minimum atomic E-state index is -1.60. The summed E-state index contributed by atoms with van der Waals surface area (Å²) in [5.41, 5.74) is 0. The number of rotatable bonds is 35. The van der Waals surface area contributed by atoms with Crippen molar-refractivity contribution in [1.29, 1.82) is 0 Å². The van der Waals surface area contributed by atoms with Crippen LogP contribution in [0.5, 0.6) is 0 Å². The van der Waals surface area contributed by atoms with Gasteiger partial charge < -0.3 is 45.4 Å². The van der Waals surface area contributed by atoms with E-state index in [1.165, 1.54) is 122 Å². The van der Waals surface area contributed by atoms with Gasteiger partial charge in [-0.1, -0.05) is 174 Å². The largest absolute Gasteiger partial charge is 0.394 e. The lowest BCUT2D eigenvalue weighted by atomic mass is 9.98. The van der Waals surface area contributed by atoms with E-state index < -0.39 is 55.6 Å². The van der Waals surface area contributed by atoms with Crippen molar-refractivity contribution in [1.82, 2.24) is 5.32 Å². The lowest BCUT2D eigenvalue weighted by molar-refractivity contribution is -0.303. The molecule has 51 heavy (non-hydrogen) atoms. The summed E-state index contributed by atoms with van der Waals surface area (Å²) in [5, 5.41) is 64.9. The fourth-order valence-electron chi connectivity index (χ4n) is 7.02. The molecule has 0 aromatic heterocycles. The summed E-state index contributed by atoms with van der Waals surface area (Å²) >= 11 is 0. The molecule has 2 unspecified atom stereocenters. The summed E-state index contributed by atoms with van der Waals surface area (Å²) in [6, 6.07) is -0.983. The third-order valence-electron chi connectivity index (χ3n) is 10.6. The maximum absolute atomic E-state index is 12.9. The first-order valence-electron chi connectivity index (χ1n) is 21.3. The van der Waals surface area contributed by atoms with Crippen molar-refractivity contribution >= 4 is 5.91 Å². The molecule has 10 nitrogen and oxygen atoms in total. The molecular formula is C41H81NO9. The average Bonchev–Trinajstić information content (AvgIpc) is 3.13. The van der Waals surface area contributed by atoms with E-state index >= 15 is 0 Å². The average molecular weight is 732 g/mol. The Morgan fingerprint density at radius 1 is 0.608 bits per heavy atom. The lowest BCUT2D eigenvalue weighted by Gasteiger charge is -2.40. The second-order valence-corrected chi connectivity index (χ2v) is 15.3. The quantitative estimate of drug-likeness (QED) is 0.0341. The molecule has 0 bridgehead atoms. The normalized spacial score (nSPS) is 22.5. The summed E-state index contributed by atoms with van der Waals surface area (Å²) in [6.45, 7) is 3.59. The summed E-state index contributed by atoms with van der Waals surface area (Å²) < 4.78 is 11.1. The molecule has 1 rings (SSSR count). The van der Waals surface area contributed by atoms with Crippen LogP contribution in [-0.2, 0) is 14.3 Å². The first-order chi connectivity index (χ1) is 24.8. The molecule has 304 valence electrons. The number of carbonyl (C=O) groups excluding carboxylic acids is 1. The minimum Gasteiger partial charge on any atom is -0.394 e. The SMILES string of the molecule is CCCCCCCCCCCCCCCCC(=O)N[C@@H](CO[C@@H]1O[C@H](CO)[C@H](O)C(O)C1O)[C@H](O)[C@H](O)CCCCCCCCCCCCCC. The third kappa shape index (κ3) is 23.5. The number of aliphatic hydroxyl groups excluding tert-OH is 6. The summed E-state index contributed by atoms with van der Waals surface area (Å²) in [6.07, 6.45) is 22.5. The number of hydrogen-bond acceptors (Lipinski definition) is 9. The number of aliphatic hydroxyl groups is 6. The maximum Gasteiger partial charge on any atom is 0.220 e. The Balaban J connectivity index is 2.44. The Bertz CT molecular complexity index is 788. The Morgan fingerprint density at radius 3 is 1.45 bits per heavy atom. The summed E-state index contributed by atoms with van der Waals surface area (Å²) in [7, 11) is 0. The highest BCUT2D eigenvalue weighted by Crippen LogP contribution is 2.23. The first kappa shape index (κ1) is 48.2. The van der Waals surface area contributed by atoms with E-state index in [1.807, 2.05) is 0 Å². The van der Waals surface area contributed by atoms with Crippen LogP contribution >= 0.6 is 0 Å². The van der Waals surface area contributed by atoms with E-state index in [0.717, 1.165) is 44.9 Å². The molecule has 1 aliphatic rings. The van der Waals surface area contributed by atoms with Crippen LogP contribution in [-0.4, -0.2) is 98.7 Å². The van der Waals surface area contributed by atoms with Crippen LogP contribution in [0.25, 0.3) is 0 Å². The van der Waals surface area contributed by atoms with E-state index in [4.69, 9.17) is 9.47 Å². The first-order valence-corrected chi connectivity index (χ1v) is 21.3. The smallest absolute Gasteiger partial charge is 0.220 e. The van der Waals surface area contributed by atoms with Crippen molar-refractivity contribution in [3.05, 3.63) is 0 Å². The molecule has 7 N–H and O–H groups in total. The van der Waals surface area contributed by atoms with Crippen LogP contribution in [0.1, 0.15) is 194 Å². The van der Waals surface area contributed by atoms with Crippen molar-refractivity contribution in [2.75, 3.05) is 13.2 Å². The van der Waals surface area contributed by atoms with Gasteiger partial charge in [-0.3, -0.25) is 4.79 Å². The van der Waals surface area contributed by atoms with Gasteiger partial charge in [-0.25, -0.2) is 0 Å². The van der Waals surface area contributed by atoms with Gasteiger partial charge in [-0.2, -0.15) is 0 Å². The third-order valence-corrected chi connectivity index (χ3v) is 10.6. The molecule has 0 radical (unpaired) electrons. The highest BCUT2D eigenvalue weighted by Gasteiger charge is 2.44. The molecule has 1 fully saturated rings. The van der Waals surface area contributed by atoms with Gasteiger partial charge in [0.2, 0.25) is 5.91 Å². The Kier molecular flexibility index (Phi) is 30.8. The van der Waals surface area contributed by atoms with Crippen LogP contribution in [0.3, 0.4) is 0 Å². The van der Waals surface area contributed by atoms with Gasteiger partial charge in [0.1, 0.15) is 30.5 Å². The molecule has 0 spiro atoms. The molecule has 0 aromatic rings.